The fraction of sp³-hybridized carbons (Fsp3) is 0.643. The van der Waals surface area contributed by atoms with Crippen LogP contribution < -0.4 is 0 Å². The zero-order valence-corrected chi connectivity index (χ0v) is 11.1. The van der Waals surface area contributed by atoms with Gasteiger partial charge in [-0.25, -0.2) is 0 Å². The molecule has 1 saturated carbocycles. The van der Waals surface area contributed by atoms with E-state index in [1.807, 2.05) is 11.3 Å². The molecule has 3 nitrogen and oxygen atoms in total. The van der Waals surface area contributed by atoms with Gasteiger partial charge in [0.1, 0.15) is 0 Å². The van der Waals surface area contributed by atoms with E-state index in [-0.39, 0.29) is 11.3 Å². The molecule has 2 heterocycles. The SMILES string of the molecule is O=C(O)C1CCC(C2(c3cccs3)COC2)CC1. The molecule has 1 aliphatic heterocycles. The summed E-state index contributed by atoms with van der Waals surface area (Å²) in [6.45, 7) is 1.63. The van der Waals surface area contributed by atoms with Gasteiger partial charge in [-0.1, -0.05) is 6.07 Å². The Morgan fingerprint density at radius 1 is 1.33 bits per heavy atom. The minimum Gasteiger partial charge on any atom is -0.481 e. The summed E-state index contributed by atoms with van der Waals surface area (Å²) in [5, 5.41) is 11.2. The highest BCUT2D eigenvalue weighted by atomic mass is 32.1. The highest BCUT2D eigenvalue weighted by molar-refractivity contribution is 7.10. The number of carbonyl (C=O) groups is 1. The zero-order valence-electron chi connectivity index (χ0n) is 10.3. The van der Waals surface area contributed by atoms with E-state index in [2.05, 4.69) is 17.5 Å². The number of hydrogen-bond donors (Lipinski definition) is 1. The lowest BCUT2D eigenvalue weighted by molar-refractivity contribution is -0.144. The van der Waals surface area contributed by atoms with Crippen molar-refractivity contribution in [2.24, 2.45) is 11.8 Å². The molecule has 2 aliphatic rings. The highest BCUT2D eigenvalue weighted by Gasteiger charge is 2.48. The van der Waals surface area contributed by atoms with Crippen molar-refractivity contribution >= 4 is 17.3 Å². The Hall–Kier alpha value is -0.870. The number of thiophene rings is 1. The van der Waals surface area contributed by atoms with Crippen LogP contribution >= 0.6 is 11.3 Å². The summed E-state index contributed by atoms with van der Waals surface area (Å²) in [4.78, 5) is 12.4. The first kappa shape index (κ1) is 12.2. The van der Waals surface area contributed by atoms with Crippen molar-refractivity contribution in [2.45, 2.75) is 31.1 Å². The molecule has 3 rings (SSSR count). The molecule has 0 bridgehead atoms. The minimum absolute atomic E-state index is 0.123. The Labute approximate surface area is 111 Å². The first-order valence-corrected chi connectivity index (χ1v) is 7.45. The molecular weight excluding hydrogens is 248 g/mol. The molecule has 4 heteroatoms. The van der Waals surface area contributed by atoms with Crippen molar-refractivity contribution in [3.05, 3.63) is 22.4 Å². The van der Waals surface area contributed by atoms with Crippen molar-refractivity contribution in [1.82, 2.24) is 0 Å². The van der Waals surface area contributed by atoms with Crippen LogP contribution in [0.15, 0.2) is 17.5 Å². The maximum absolute atomic E-state index is 11.0. The van der Waals surface area contributed by atoms with Crippen LogP contribution in [0.3, 0.4) is 0 Å². The summed E-state index contributed by atoms with van der Waals surface area (Å²) >= 11 is 1.81. The summed E-state index contributed by atoms with van der Waals surface area (Å²) in [6.07, 6.45) is 3.71. The second kappa shape index (κ2) is 4.67. The second-order valence-corrected chi connectivity index (χ2v) is 6.46. The molecular formula is C14H18O3S. The molecule has 18 heavy (non-hydrogen) atoms. The molecule has 2 fully saturated rings. The number of hydrogen-bond acceptors (Lipinski definition) is 3. The molecule has 0 spiro atoms. The summed E-state index contributed by atoms with van der Waals surface area (Å²) < 4.78 is 5.48. The van der Waals surface area contributed by atoms with E-state index in [0.29, 0.717) is 5.92 Å². The average Bonchev–Trinajstić information content (AvgIpc) is 2.82. The van der Waals surface area contributed by atoms with E-state index in [1.165, 1.54) is 4.88 Å². The molecule has 1 saturated heterocycles. The molecule has 0 aromatic carbocycles. The fourth-order valence-electron chi connectivity index (χ4n) is 3.36. The van der Waals surface area contributed by atoms with Crippen molar-refractivity contribution < 1.29 is 14.6 Å². The largest absolute Gasteiger partial charge is 0.481 e. The zero-order chi connectivity index (χ0) is 12.6. The molecule has 1 aromatic rings. The Balaban J connectivity index is 1.73. The first-order valence-electron chi connectivity index (χ1n) is 6.57. The predicted octanol–water partition coefficient (Wildman–Crippen LogP) is 2.91. The maximum Gasteiger partial charge on any atom is 0.306 e. The number of carboxylic acid groups (broad SMARTS) is 1. The van der Waals surface area contributed by atoms with Gasteiger partial charge in [0.2, 0.25) is 0 Å². The van der Waals surface area contributed by atoms with Crippen molar-refractivity contribution in [3.8, 4) is 0 Å². The minimum atomic E-state index is -0.622. The van der Waals surface area contributed by atoms with Crippen LogP contribution in [0.4, 0.5) is 0 Å². The van der Waals surface area contributed by atoms with Gasteiger partial charge in [-0.15, -0.1) is 11.3 Å². The third kappa shape index (κ3) is 1.88. The van der Waals surface area contributed by atoms with E-state index in [4.69, 9.17) is 9.84 Å². The summed E-state index contributed by atoms with van der Waals surface area (Å²) in [7, 11) is 0. The van der Waals surface area contributed by atoms with Gasteiger partial charge < -0.3 is 9.84 Å². The van der Waals surface area contributed by atoms with Crippen LogP contribution in [0.2, 0.25) is 0 Å². The van der Waals surface area contributed by atoms with Gasteiger partial charge >= 0.3 is 5.97 Å². The van der Waals surface area contributed by atoms with Crippen LogP contribution in [0, 0.1) is 11.8 Å². The molecule has 0 unspecified atom stereocenters. The van der Waals surface area contributed by atoms with Crippen LogP contribution in [0.1, 0.15) is 30.6 Å². The number of rotatable bonds is 3. The number of aliphatic carboxylic acids is 1. The second-order valence-electron chi connectivity index (χ2n) is 5.51. The van der Waals surface area contributed by atoms with Gasteiger partial charge in [0, 0.05) is 4.88 Å². The van der Waals surface area contributed by atoms with Crippen LogP contribution in [0.5, 0.6) is 0 Å². The van der Waals surface area contributed by atoms with Gasteiger partial charge in [-0.3, -0.25) is 4.79 Å². The van der Waals surface area contributed by atoms with Crippen molar-refractivity contribution in [2.75, 3.05) is 13.2 Å². The lowest BCUT2D eigenvalue weighted by Crippen LogP contribution is -2.53. The van der Waals surface area contributed by atoms with E-state index in [0.717, 1.165) is 38.9 Å². The first-order chi connectivity index (χ1) is 8.72. The Kier molecular flexibility index (Phi) is 3.16. The third-order valence-corrected chi connectivity index (χ3v) is 5.68. The quantitative estimate of drug-likeness (QED) is 0.915. The molecule has 1 aliphatic carbocycles. The summed E-state index contributed by atoms with van der Waals surface area (Å²) in [5.41, 5.74) is 0.192. The molecule has 1 aromatic heterocycles. The van der Waals surface area contributed by atoms with Crippen molar-refractivity contribution in [3.63, 3.8) is 0 Å². The molecule has 1 N–H and O–H groups in total. The third-order valence-electron chi connectivity index (χ3n) is 4.59. The maximum atomic E-state index is 11.0. The van der Waals surface area contributed by atoms with Crippen molar-refractivity contribution in [1.29, 1.82) is 0 Å². The highest BCUT2D eigenvalue weighted by Crippen LogP contribution is 2.48. The molecule has 0 radical (unpaired) electrons. The summed E-state index contributed by atoms with van der Waals surface area (Å²) in [6, 6.07) is 4.30. The fourth-order valence-corrected chi connectivity index (χ4v) is 4.34. The van der Waals surface area contributed by atoms with Crippen LogP contribution in [0.25, 0.3) is 0 Å². The van der Waals surface area contributed by atoms with E-state index >= 15 is 0 Å². The van der Waals surface area contributed by atoms with E-state index in [9.17, 15) is 4.79 Å². The molecule has 0 atom stereocenters. The Morgan fingerprint density at radius 3 is 2.50 bits per heavy atom. The number of carboxylic acids is 1. The molecule has 0 amide bonds. The van der Waals surface area contributed by atoms with Gasteiger partial charge in [0.15, 0.2) is 0 Å². The Morgan fingerprint density at radius 2 is 2.06 bits per heavy atom. The molecule has 98 valence electrons. The van der Waals surface area contributed by atoms with Crippen LogP contribution in [-0.2, 0) is 14.9 Å². The van der Waals surface area contributed by atoms with Gasteiger partial charge in [-0.2, -0.15) is 0 Å². The van der Waals surface area contributed by atoms with Crippen LogP contribution in [-0.4, -0.2) is 24.3 Å². The van der Waals surface area contributed by atoms with Gasteiger partial charge in [0.05, 0.1) is 24.5 Å². The van der Waals surface area contributed by atoms with Gasteiger partial charge in [-0.05, 0) is 43.0 Å². The topological polar surface area (TPSA) is 46.5 Å². The predicted molar refractivity (Wildman–Crippen MR) is 69.9 cm³/mol. The Bertz CT molecular complexity index is 414. The van der Waals surface area contributed by atoms with Gasteiger partial charge in [0.25, 0.3) is 0 Å². The average molecular weight is 266 g/mol. The smallest absolute Gasteiger partial charge is 0.306 e. The standard InChI is InChI=1S/C14H18O3S/c15-13(16)10-3-5-11(6-4-10)14(8-17-9-14)12-2-1-7-18-12/h1-2,7,10-11H,3-6,8-9H2,(H,15,16). The number of ether oxygens (including phenoxy) is 1. The monoisotopic (exact) mass is 266 g/mol. The lowest BCUT2D eigenvalue weighted by atomic mass is 9.65. The van der Waals surface area contributed by atoms with E-state index < -0.39 is 5.97 Å². The lowest BCUT2D eigenvalue weighted by Gasteiger charge is -2.48. The van der Waals surface area contributed by atoms with E-state index in [1.54, 1.807) is 0 Å². The summed E-state index contributed by atoms with van der Waals surface area (Å²) in [5.74, 6) is -0.147. The normalized spacial score (nSPS) is 30.7.